The molecule has 0 saturated carbocycles. The summed E-state index contributed by atoms with van der Waals surface area (Å²) in [6.45, 7) is 2.95. The van der Waals surface area contributed by atoms with E-state index >= 15 is 0 Å². The minimum Gasteiger partial charge on any atom is -0.335 e. The van der Waals surface area contributed by atoms with Gasteiger partial charge in [0, 0.05) is 31.2 Å². The lowest BCUT2D eigenvalue weighted by molar-refractivity contribution is -0.143. The Labute approximate surface area is 171 Å². The maximum Gasteiger partial charge on any atom is 0.244 e. The van der Waals surface area contributed by atoms with Crippen molar-refractivity contribution in [3.8, 4) is 0 Å². The van der Waals surface area contributed by atoms with Gasteiger partial charge in [-0.15, -0.1) is 0 Å². The summed E-state index contributed by atoms with van der Waals surface area (Å²) in [4.78, 5) is 17.7. The van der Waals surface area contributed by atoms with Crippen molar-refractivity contribution in [2.24, 2.45) is 0 Å². The topological polar surface area (TPSA) is 23.6 Å². The standard InChI is InChI=1S/C24H23ClN2O/c25-22-13-11-21(12-14-22)23-24(28)27(18-20-9-5-2-6-10-20)16-15-26(23)17-19-7-3-1-4-8-19/h1-14,23H,15-18H2/t23-/m0/s1. The van der Waals surface area contributed by atoms with Gasteiger partial charge in [-0.2, -0.15) is 0 Å². The molecule has 1 aliphatic heterocycles. The van der Waals surface area contributed by atoms with Crippen molar-refractivity contribution in [2.75, 3.05) is 13.1 Å². The van der Waals surface area contributed by atoms with E-state index in [1.165, 1.54) is 5.56 Å². The van der Waals surface area contributed by atoms with Crippen LogP contribution < -0.4 is 0 Å². The van der Waals surface area contributed by atoms with Crippen LogP contribution in [0.1, 0.15) is 22.7 Å². The first-order valence-corrected chi connectivity index (χ1v) is 9.94. The molecule has 0 N–H and O–H groups in total. The molecule has 1 fully saturated rings. The van der Waals surface area contributed by atoms with Crippen LogP contribution in [0.15, 0.2) is 84.9 Å². The molecular formula is C24H23ClN2O. The van der Waals surface area contributed by atoms with E-state index in [9.17, 15) is 4.79 Å². The number of rotatable bonds is 5. The van der Waals surface area contributed by atoms with Gasteiger partial charge in [-0.05, 0) is 28.8 Å². The minimum atomic E-state index is -0.296. The van der Waals surface area contributed by atoms with Gasteiger partial charge in [0.05, 0.1) is 0 Å². The quantitative estimate of drug-likeness (QED) is 0.617. The molecule has 1 atom stereocenters. The highest BCUT2D eigenvalue weighted by Gasteiger charge is 2.35. The summed E-state index contributed by atoms with van der Waals surface area (Å²) >= 11 is 6.08. The van der Waals surface area contributed by atoms with Crippen molar-refractivity contribution in [1.82, 2.24) is 9.80 Å². The lowest BCUT2D eigenvalue weighted by Crippen LogP contribution is -2.51. The molecule has 28 heavy (non-hydrogen) atoms. The summed E-state index contributed by atoms with van der Waals surface area (Å²) in [5, 5.41) is 0.683. The van der Waals surface area contributed by atoms with E-state index in [0.717, 1.165) is 30.8 Å². The van der Waals surface area contributed by atoms with Crippen molar-refractivity contribution in [3.63, 3.8) is 0 Å². The molecule has 3 aromatic rings. The largest absolute Gasteiger partial charge is 0.335 e. The summed E-state index contributed by atoms with van der Waals surface area (Å²) < 4.78 is 0. The van der Waals surface area contributed by atoms with Gasteiger partial charge in [0.1, 0.15) is 6.04 Å². The Morgan fingerprint density at radius 1 is 0.750 bits per heavy atom. The molecule has 0 aromatic heterocycles. The van der Waals surface area contributed by atoms with Crippen LogP contribution in [-0.2, 0) is 17.9 Å². The molecule has 142 valence electrons. The first-order valence-electron chi connectivity index (χ1n) is 9.57. The average molecular weight is 391 g/mol. The third kappa shape index (κ3) is 4.27. The molecular weight excluding hydrogens is 368 g/mol. The zero-order chi connectivity index (χ0) is 19.3. The summed E-state index contributed by atoms with van der Waals surface area (Å²) in [5.41, 5.74) is 3.36. The maximum atomic E-state index is 13.5. The molecule has 4 rings (SSSR count). The van der Waals surface area contributed by atoms with Crippen molar-refractivity contribution < 1.29 is 4.79 Å². The molecule has 1 heterocycles. The van der Waals surface area contributed by atoms with E-state index in [4.69, 9.17) is 11.6 Å². The van der Waals surface area contributed by atoms with Gasteiger partial charge >= 0.3 is 0 Å². The van der Waals surface area contributed by atoms with Gasteiger partial charge in [0.2, 0.25) is 5.91 Å². The van der Waals surface area contributed by atoms with Crippen molar-refractivity contribution in [3.05, 3.63) is 107 Å². The fourth-order valence-electron chi connectivity index (χ4n) is 3.77. The molecule has 3 nitrogen and oxygen atoms in total. The molecule has 3 aromatic carbocycles. The van der Waals surface area contributed by atoms with Crippen molar-refractivity contribution in [1.29, 1.82) is 0 Å². The van der Waals surface area contributed by atoms with E-state index < -0.39 is 0 Å². The second-order valence-electron chi connectivity index (χ2n) is 7.16. The van der Waals surface area contributed by atoms with Crippen LogP contribution in [0.5, 0.6) is 0 Å². The predicted octanol–water partition coefficient (Wildman–Crippen LogP) is 4.93. The summed E-state index contributed by atoms with van der Waals surface area (Å²) in [6, 6.07) is 27.9. The van der Waals surface area contributed by atoms with E-state index in [1.54, 1.807) is 0 Å². The second kappa shape index (κ2) is 8.59. The maximum absolute atomic E-state index is 13.5. The smallest absolute Gasteiger partial charge is 0.244 e. The Morgan fingerprint density at radius 2 is 1.32 bits per heavy atom. The SMILES string of the molecule is O=C1[C@H](c2ccc(Cl)cc2)N(Cc2ccccc2)CCN1Cc1ccccc1. The van der Waals surface area contributed by atoms with Gasteiger partial charge in [-0.25, -0.2) is 0 Å². The zero-order valence-corrected chi connectivity index (χ0v) is 16.4. The van der Waals surface area contributed by atoms with Crippen LogP contribution in [0, 0.1) is 0 Å². The van der Waals surface area contributed by atoms with E-state index in [-0.39, 0.29) is 11.9 Å². The zero-order valence-electron chi connectivity index (χ0n) is 15.7. The number of carbonyl (C=O) groups is 1. The Hall–Kier alpha value is -2.62. The fraction of sp³-hybridized carbons (Fsp3) is 0.208. The molecule has 1 saturated heterocycles. The Kier molecular flexibility index (Phi) is 5.75. The van der Waals surface area contributed by atoms with E-state index in [1.807, 2.05) is 65.6 Å². The van der Waals surface area contributed by atoms with Gasteiger partial charge in [0.25, 0.3) is 0 Å². The highest BCUT2D eigenvalue weighted by atomic mass is 35.5. The Balaban J connectivity index is 1.60. The van der Waals surface area contributed by atoms with Crippen molar-refractivity contribution in [2.45, 2.75) is 19.1 Å². The van der Waals surface area contributed by atoms with Gasteiger partial charge in [-0.3, -0.25) is 9.69 Å². The number of piperazine rings is 1. The number of carbonyl (C=O) groups excluding carboxylic acids is 1. The molecule has 0 radical (unpaired) electrons. The molecule has 1 amide bonds. The molecule has 4 heteroatoms. The molecule has 1 aliphatic rings. The van der Waals surface area contributed by atoms with Gasteiger partial charge < -0.3 is 4.90 Å². The highest BCUT2D eigenvalue weighted by molar-refractivity contribution is 6.30. The van der Waals surface area contributed by atoms with Crippen molar-refractivity contribution >= 4 is 17.5 Å². The third-order valence-electron chi connectivity index (χ3n) is 5.20. The number of benzene rings is 3. The molecule has 0 spiro atoms. The lowest BCUT2D eigenvalue weighted by Gasteiger charge is -2.41. The van der Waals surface area contributed by atoms with Crippen LogP contribution >= 0.6 is 11.6 Å². The van der Waals surface area contributed by atoms with Crippen LogP contribution in [0.4, 0.5) is 0 Å². The Bertz CT molecular complexity index is 912. The fourth-order valence-corrected chi connectivity index (χ4v) is 3.89. The van der Waals surface area contributed by atoms with Crippen LogP contribution in [0.3, 0.4) is 0 Å². The first kappa shape index (κ1) is 18.7. The summed E-state index contributed by atoms with van der Waals surface area (Å²) in [7, 11) is 0. The lowest BCUT2D eigenvalue weighted by atomic mass is 10.00. The molecule has 0 unspecified atom stereocenters. The van der Waals surface area contributed by atoms with Gasteiger partial charge in [-0.1, -0.05) is 84.4 Å². The predicted molar refractivity (Wildman–Crippen MR) is 113 cm³/mol. The number of hydrogen-bond donors (Lipinski definition) is 0. The van der Waals surface area contributed by atoms with E-state index in [0.29, 0.717) is 11.6 Å². The number of amides is 1. The normalized spacial score (nSPS) is 17.7. The molecule has 0 bridgehead atoms. The molecule has 0 aliphatic carbocycles. The average Bonchev–Trinajstić information content (AvgIpc) is 2.73. The van der Waals surface area contributed by atoms with Crippen LogP contribution in [-0.4, -0.2) is 28.8 Å². The minimum absolute atomic E-state index is 0.147. The number of halogens is 1. The number of nitrogens with zero attached hydrogens (tertiary/aromatic N) is 2. The summed E-state index contributed by atoms with van der Waals surface area (Å²) in [5.74, 6) is 0.147. The second-order valence-corrected chi connectivity index (χ2v) is 7.59. The monoisotopic (exact) mass is 390 g/mol. The number of hydrogen-bond acceptors (Lipinski definition) is 2. The summed E-state index contributed by atoms with van der Waals surface area (Å²) in [6.07, 6.45) is 0. The third-order valence-corrected chi connectivity index (χ3v) is 5.45. The first-order chi connectivity index (χ1) is 13.7. The van der Waals surface area contributed by atoms with E-state index in [2.05, 4.69) is 29.2 Å². The van der Waals surface area contributed by atoms with Gasteiger partial charge in [0.15, 0.2) is 0 Å². The Morgan fingerprint density at radius 3 is 1.93 bits per heavy atom. The van der Waals surface area contributed by atoms with Crippen LogP contribution in [0.25, 0.3) is 0 Å². The van der Waals surface area contributed by atoms with Crippen LogP contribution in [0.2, 0.25) is 5.02 Å². The highest BCUT2D eigenvalue weighted by Crippen LogP contribution is 2.30.